The Morgan fingerprint density at radius 2 is 2.00 bits per heavy atom. The Hall–Kier alpha value is -3.28. The highest BCUT2D eigenvalue weighted by atomic mass is 79.9. The number of hydrogen-bond acceptors (Lipinski definition) is 9. The summed E-state index contributed by atoms with van der Waals surface area (Å²) in [6.07, 6.45) is 4.79. The Labute approximate surface area is 260 Å². The number of nitrogens with zero attached hydrogens (tertiary/aromatic N) is 4. The predicted molar refractivity (Wildman–Crippen MR) is 167 cm³/mol. The highest BCUT2D eigenvalue weighted by Crippen LogP contribution is 2.35. The van der Waals surface area contributed by atoms with Crippen molar-refractivity contribution < 1.29 is 13.9 Å². The van der Waals surface area contributed by atoms with Crippen molar-refractivity contribution >= 4 is 51.1 Å². The van der Waals surface area contributed by atoms with Gasteiger partial charge in [-0.15, -0.1) is 0 Å². The number of hydrogen-bond donors (Lipinski definition) is 0. The number of thiazole rings is 1. The number of furan rings is 1. The molecular weight excluding hydrogens is 636 g/mol. The summed E-state index contributed by atoms with van der Waals surface area (Å²) in [5, 5.41) is 1.15. The SMILES string of the molecule is CCCC1=C(C(=O)OCC)[C@H](c2ccc(C(C)C)cc2)n2c(s/c(=C/c3cc(Br)c(Sc4nccc(C)n4)o3)c2=O)=N1. The largest absolute Gasteiger partial charge is 0.463 e. The first-order valence-corrected chi connectivity index (χ1v) is 16.2. The number of carbonyl (C=O) groups is 1. The highest BCUT2D eigenvalue weighted by molar-refractivity contribution is 9.10. The van der Waals surface area contributed by atoms with Gasteiger partial charge >= 0.3 is 5.97 Å². The van der Waals surface area contributed by atoms with E-state index in [2.05, 4.69) is 51.9 Å². The first kappa shape index (κ1) is 30.2. The lowest BCUT2D eigenvalue weighted by molar-refractivity contribution is -0.139. The van der Waals surface area contributed by atoms with E-state index in [1.54, 1.807) is 23.8 Å². The number of rotatable bonds is 9. The van der Waals surface area contributed by atoms with E-state index >= 15 is 0 Å². The minimum Gasteiger partial charge on any atom is -0.463 e. The van der Waals surface area contributed by atoms with Crippen LogP contribution in [0.3, 0.4) is 0 Å². The molecule has 0 bridgehead atoms. The van der Waals surface area contributed by atoms with Crippen LogP contribution >= 0.6 is 39.0 Å². The third-order valence-electron chi connectivity index (χ3n) is 6.72. The van der Waals surface area contributed by atoms with Crippen molar-refractivity contribution in [2.24, 2.45) is 4.99 Å². The summed E-state index contributed by atoms with van der Waals surface area (Å²) in [6.45, 7) is 10.2. The van der Waals surface area contributed by atoms with Crippen LogP contribution in [-0.4, -0.2) is 27.1 Å². The molecule has 0 unspecified atom stereocenters. The van der Waals surface area contributed by atoms with Crippen molar-refractivity contribution in [2.45, 2.75) is 69.7 Å². The first-order chi connectivity index (χ1) is 20.2. The molecule has 1 aliphatic heterocycles. The Bertz CT molecular complexity index is 1840. The molecule has 0 radical (unpaired) electrons. The Balaban J connectivity index is 1.63. The number of ether oxygens (including phenoxy) is 1. The van der Waals surface area contributed by atoms with E-state index in [4.69, 9.17) is 14.1 Å². The molecule has 0 spiro atoms. The average molecular weight is 668 g/mol. The molecule has 1 aliphatic rings. The fourth-order valence-corrected chi connectivity index (χ4v) is 7.01. The van der Waals surface area contributed by atoms with E-state index in [9.17, 15) is 9.59 Å². The summed E-state index contributed by atoms with van der Waals surface area (Å²) in [4.78, 5) is 41.5. The Morgan fingerprint density at radius 3 is 2.67 bits per heavy atom. The minimum absolute atomic E-state index is 0.229. The van der Waals surface area contributed by atoms with Crippen LogP contribution in [0.4, 0.5) is 0 Å². The second kappa shape index (κ2) is 12.9. The molecule has 5 rings (SSSR count). The van der Waals surface area contributed by atoms with E-state index in [1.807, 2.05) is 38.1 Å². The van der Waals surface area contributed by atoms with E-state index in [-0.39, 0.29) is 12.2 Å². The number of esters is 1. The van der Waals surface area contributed by atoms with Gasteiger partial charge in [0.2, 0.25) is 0 Å². The topological polar surface area (TPSA) is 99.6 Å². The van der Waals surface area contributed by atoms with Gasteiger partial charge in [0.25, 0.3) is 5.56 Å². The lowest BCUT2D eigenvalue weighted by atomic mass is 9.92. The lowest BCUT2D eigenvalue weighted by Gasteiger charge is -2.26. The Morgan fingerprint density at radius 1 is 1.24 bits per heavy atom. The van der Waals surface area contributed by atoms with Crippen LogP contribution in [0, 0.1) is 6.92 Å². The van der Waals surface area contributed by atoms with E-state index in [0.29, 0.717) is 49.0 Å². The lowest BCUT2D eigenvalue weighted by Crippen LogP contribution is -2.40. The van der Waals surface area contributed by atoms with Gasteiger partial charge in [-0.3, -0.25) is 9.36 Å². The molecule has 218 valence electrons. The summed E-state index contributed by atoms with van der Waals surface area (Å²) in [5.41, 5.74) is 3.67. The molecule has 4 aromatic rings. The molecule has 0 aliphatic carbocycles. The molecule has 1 aromatic carbocycles. The molecule has 8 nitrogen and oxygen atoms in total. The van der Waals surface area contributed by atoms with Crippen molar-refractivity contribution in [3.63, 3.8) is 0 Å². The molecule has 11 heteroatoms. The third-order valence-corrected chi connectivity index (χ3v) is 9.42. The molecule has 1 atom stereocenters. The van der Waals surface area contributed by atoms with Crippen molar-refractivity contribution in [3.05, 3.63) is 101 Å². The number of benzene rings is 1. The number of allylic oxidation sites excluding steroid dienone is 1. The second-order valence-electron chi connectivity index (χ2n) is 10.1. The second-order valence-corrected chi connectivity index (χ2v) is 12.9. The van der Waals surface area contributed by atoms with Gasteiger partial charge in [-0.1, -0.05) is 62.8 Å². The minimum atomic E-state index is -0.655. The maximum absolute atomic E-state index is 14.0. The molecule has 0 N–H and O–H groups in total. The molecule has 3 aromatic heterocycles. The van der Waals surface area contributed by atoms with Gasteiger partial charge in [-0.2, -0.15) is 0 Å². The third kappa shape index (κ3) is 6.23. The zero-order valence-electron chi connectivity index (χ0n) is 24.0. The fraction of sp³-hybridized carbons (Fsp3) is 0.323. The van der Waals surface area contributed by atoms with Crippen LogP contribution < -0.4 is 14.9 Å². The quantitative estimate of drug-likeness (QED) is 0.153. The summed E-state index contributed by atoms with van der Waals surface area (Å²) in [6, 6.07) is 11.1. The molecule has 0 saturated carbocycles. The summed E-state index contributed by atoms with van der Waals surface area (Å²) >= 11 is 6.12. The van der Waals surface area contributed by atoms with Gasteiger partial charge in [0.15, 0.2) is 15.1 Å². The van der Waals surface area contributed by atoms with Crippen LogP contribution in [0.1, 0.15) is 75.1 Å². The van der Waals surface area contributed by atoms with Gasteiger partial charge in [0.1, 0.15) is 5.76 Å². The van der Waals surface area contributed by atoms with Crippen LogP contribution in [0.15, 0.2) is 82.8 Å². The fourth-order valence-electron chi connectivity index (χ4n) is 4.70. The summed E-state index contributed by atoms with van der Waals surface area (Å²) in [5.74, 6) is 0.398. The molecule has 42 heavy (non-hydrogen) atoms. The van der Waals surface area contributed by atoms with E-state index < -0.39 is 12.0 Å². The maximum Gasteiger partial charge on any atom is 0.338 e. The van der Waals surface area contributed by atoms with Crippen molar-refractivity contribution in [3.8, 4) is 0 Å². The predicted octanol–water partition coefficient (Wildman–Crippen LogP) is 6.31. The zero-order valence-corrected chi connectivity index (χ0v) is 27.2. The maximum atomic E-state index is 14.0. The van der Waals surface area contributed by atoms with Gasteiger partial charge in [-0.25, -0.2) is 19.8 Å². The van der Waals surface area contributed by atoms with Crippen molar-refractivity contribution in [1.82, 2.24) is 14.5 Å². The van der Waals surface area contributed by atoms with Crippen LogP contribution in [0.25, 0.3) is 6.08 Å². The zero-order chi connectivity index (χ0) is 30.0. The standard InChI is InChI=1S/C31H31BrN4O4S2/c1-6-8-23-25(28(38)39-7-2)26(20-11-9-19(10-12-20)17(3)4)36-27(37)24(41-31(36)35-23)16-21-15-22(32)29(40-21)42-30-33-14-13-18(5)34-30/h9-17,26H,6-8H2,1-5H3/b24-16+/t26-/m0/s1. The van der Waals surface area contributed by atoms with Gasteiger partial charge in [0.05, 0.1) is 32.9 Å². The smallest absolute Gasteiger partial charge is 0.338 e. The Kier molecular flexibility index (Phi) is 9.29. The normalized spacial score (nSPS) is 15.2. The molecule has 4 heterocycles. The average Bonchev–Trinajstić information content (AvgIpc) is 3.45. The van der Waals surface area contributed by atoms with Gasteiger partial charge in [0, 0.05) is 18.0 Å². The van der Waals surface area contributed by atoms with E-state index in [1.165, 1.54) is 28.7 Å². The number of aryl methyl sites for hydroxylation is 1. The molecule has 0 fully saturated rings. The molecule has 0 amide bonds. The monoisotopic (exact) mass is 666 g/mol. The van der Waals surface area contributed by atoms with Crippen LogP contribution in [0.2, 0.25) is 0 Å². The molecule has 0 saturated heterocycles. The van der Waals surface area contributed by atoms with Crippen molar-refractivity contribution in [2.75, 3.05) is 6.61 Å². The first-order valence-electron chi connectivity index (χ1n) is 13.8. The van der Waals surface area contributed by atoms with Gasteiger partial charge < -0.3 is 9.15 Å². The number of aromatic nitrogens is 3. The van der Waals surface area contributed by atoms with Crippen LogP contribution in [-0.2, 0) is 9.53 Å². The van der Waals surface area contributed by atoms with Crippen LogP contribution in [0.5, 0.6) is 0 Å². The molecular formula is C31H31BrN4O4S2. The summed E-state index contributed by atoms with van der Waals surface area (Å²) < 4.78 is 14.4. The summed E-state index contributed by atoms with van der Waals surface area (Å²) in [7, 11) is 0. The van der Waals surface area contributed by atoms with Gasteiger partial charge in [-0.05, 0) is 77.1 Å². The number of halogens is 1. The van der Waals surface area contributed by atoms with E-state index in [0.717, 1.165) is 22.2 Å². The number of fused-ring (bicyclic) bond motifs is 1. The highest BCUT2D eigenvalue weighted by Gasteiger charge is 2.34. The number of carbonyl (C=O) groups excluding carboxylic acids is 1. The van der Waals surface area contributed by atoms with Crippen molar-refractivity contribution in [1.29, 1.82) is 0 Å².